The van der Waals surface area contributed by atoms with Crippen LogP contribution in [0.1, 0.15) is 98.1 Å². The van der Waals surface area contributed by atoms with Gasteiger partial charge in [0, 0.05) is 23.2 Å². The standard InChI is InChI=1S/C19H28N2O.C18H26N2O/c1-19(2,3)12-9-15-5-7-16(8-6-15)18(22)20-17-10-13-21(4)14-11-17;1-3-4-5-6-15-7-9-16(10-8-15)18(21)19-17-11-13-20(2)14-12-17/h5-9,12,17H,10-11,13-14H2,1-4H3,(H,20,22);5-10,17H,3-4,11-14H2,1-2H3,(H,19,21)/b12-9+;6-5+. The predicted octanol–water partition coefficient (Wildman–Crippen LogP) is 6.89. The van der Waals surface area contributed by atoms with Gasteiger partial charge in [0.2, 0.25) is 0 Å². The summed E-state index contributed by atoms with van der Waals surface area (Å²) in [4.78, 5) is 29.1. The summed E-state index contributed by atoms with van der Waals surface area (Å²) in [5.41, 5.74) is 3.95. The van der Waals surface area contributed by atoms with Gasteiger partial charge in [0.05, 0.1) is 0 Å². The molecule has 43 heavy (non-hydrogen) atoms. The Balaban J connectivity index is 0.000000236. The molecular formula is C37H54N4O2. The summed E-state index contributed by atoms with van der Waals surface area (Å²) in [5, 5.41) is 6.29. The van der Waals surface area contributed by atoms with Crippen LogP contribution in [0.5, 0.6) is 0 Å². The number of amides is 2. The second kappa shape index (κ2) is 17.2. The van der Waals surface area contributed by atoms with Crippen LogP contribution >= 0.6 is 0 Å². The van der Waals surface area contributed by atoms with Crippen molar-refractivity contribution in [2.45, 2.75) is 78.3 Å². The lowest BCUT2D eigenvalue weighted by molar-refractivity contribution is 0.0908. The van der Waals surface area contributed by atoms with E-state index in [2.05, 4.69) is 86.5 Å². The van der Waals surface area contributed by atoms with Crippen molar-refractivity contribution >= 4 is 24.0 Å². The zero-order valence-electron chi connectivity index (χ0n) is 27.4. The normalized spacial score (nSPS) is 17.5. The van der Waals surface area contributed by atoms with Crippen LogP contribution in [-0.4, -0.2) is 74.0 Å². The molecule has 234 valence electrons. The topological polar surface area (TPSA) is 64.7 Å². The van der Waals surface area contributed by atoms with Crippen molar-refractivity contribution in [3.63, 3.8) is 0 Å². The molecule has 0 unspecified atom stereocenters. The van der Waals surface area contributed by atoms with Gasteiger partial charge in [0.25, 0.3) is 11.8 Å². The zero-order chi connectivity index (χ0) is 31.2. The molecule has 2 aromatic carbocycles. The van der Waals surface area contributed by atoms with E-state index >= 15 is 0 Å². The molecule has 2 heterocycles. The molecule has 6 heteroatoms. The van der Waals surface area contributed by atoms with Crippen molar-refractivity contribution in [1.82, 2.24) is 20.4 Å². The van der Waals surface area contributed by atoms with Crippen LogP contribution in [0.25, 0.3) is 12.2 Å². The van der Waals surface area contributed by atoms with E-state index in [1.165, 1.54) is 0 Å². The van der Waals surface area contributed by atoms with Crippen LogP contribution in [-0.2, 0) is 0 Å². The van der Waals surface area contributed by atoms with E-state index in [9.17, 15) is 9.59 Å². The molecule has 0 atom stereocenters. The average Bonchev–Trinajstić information content (AvgIpc) is 2.99. The molecule has 0 bridgehead atoms. The fourth-order valence-electron chi connectivity index (χ4n) is 5.07. The predicted molar refractivity (Wildman–Crippen MR) is 181 cm³/mol. The molecule has 0 spiro atoms. The van der Waals surface area contributed by atoms with Crippen LogP contribution in [0.2, 0.25) is 0 Å². The maximum atomic E-state index is 12.3. The summed E-state index contributed by atoms with van der Waals surface area (Å²) in [6.45, 7) is 12.9. The first kappa shape index (κ1) is 34.3. The lowest BCUT2D eigenvalue weighted by atomic mass is 9.95. The maximum Gasteiger partial charge on any atom is 0.251 e. The molecule has 0 aromatic heterocycles. The Morgan fingerprint density at radius 1 is 0.721 bits per heavy atom. The smallest absolute Gasteiger partial charge is 0.251 e. The van der Waals surface area contributed by atoms with Crippen LogP contribution in [0, 0.1) is 5.41 Å². The molecule has 0 aliphatic carbocycles. The number of carbonyl (C=O) groups is 2. The minimum absolute atomic E-state index is 0.0425. The lowest BCUT2D eigenvalue weighted by Crippen LogP contribution is -2.43. The number of carbonyl (C=O) groups excluding carboxylic acids is 2. The average molecular weight is 587 g/mol. The van der Waals surface area contributed by atoms with E-state index in [0.29, 0.717) is 12.1 Å². The Hall–Kier alpha value is -3.22. The highest BCUT2D eigenvalue weighted by Gasteiger charge is 2.20. The second-order valence-corrected chi connectivity index (χ2v) is 13.2. The quantitative estimate of drug-likeness (QED) is 0.353. The summed E-state index contributed by atoms with van der Waals surface area (Å²) < 4.78 is 0. The van der Waals surface area contributed by atoms with Gasteiger partial charge in [0.15, 0.2) is 0 Å². The van der Waals surface area contributed by atoms with Crippen LogP contribution in [0.4, 0.5) is 0 Å². The Kier molecular flexibility index (Phi) is 13.7. The van der Waals surface area contributed by atoms with E-state index < -0.39 is 0 Å². The van der Waals surface area contributed by atoms with Crippen LogP contribution < -0.4 is 10.6 Å². The molecule has 2 aliphatic heterocycles. The molecule has 2 aromatic rings. The Bertz CT molecular complexity index is 1180. The van der Waals surface area contributed by atoms with E-state index in [0.717, 1.165) is 87.0 Å². The highest BCUT2D eigenvalue weighted by molar-refractivity contribution is 5.95. The first-order valence-electron chi connectivity index (χ1n) is 16.1. The highest BCUT2D eigenvalue weighted by Crippen LogP contribution is 2.18. The van der Waals surface area contributed by atoms with Gasteiger partial charge in [-0.15, -0.1) is 0 Å². The Labute approximate surface area is 260 Å². The third-order valence-electron chi connectivity index (χ3n) is 7.99. The number of hydrogen-bond acceptors (Lipinski definition) is 4. The molecule has 2 N–H and O–H groups in total. The number of rotatable bonds is 8. The monoisotopic (exact) mass is 586 g/mol. The van der Waals surface area contributed by atoms with Gasteiger partial charge in [-0.05, 0) is 113 Å². The fourth-order valence-corrected chi connectivity index (χ4v) is 5.07. The van der Waals surface area contributed by atoms with E-state index in [1.807, 2.05) is 48.5 Å². The van der Waals surface area contributed by atoms with Gasteiger partial charge in [-0.3, -0.25) is 9.59 Å². The number of benzene rings is 2. The minimum Gasteiger partial charge on any atom is -0.349 e. The van der Waals surface area contributed by atoms with Crippen molar-refractivity contribution < 1.29 is 9.59 Å². The van der Waals surface area contributed by atoms with E-state index in [1.54, 1.807) is 0 Å². The minimum atomic E-state index is 0.0425. The van der Waals surface area contributed by atoms with Gasteiger partial charge in [0.1, 0.15) is 0 Å². The Morgan fingerprint density at radius 2 is 1.12 bits per heavy atom. The third kappa shape index (κ3) is 12.9. The molecule has 4 rings (SSSR count). The third-order valence-corrected chi connectivity index (χ3v) is 7.99. The number of nitrogens with zero attached hydrogens (tertiary/aromatic N) is 2. The molecule has 0 radical (unpaired) electrons. The number of unbranched alkanes of at least 4 members (excludes halogenated alkanes) is 1. The molecule has 2 amide bonds. The number of hydrogen-bond donors (Lipinski definition) is 2. The van der Waals surface area contributed by atoms with Gasteiger partial charge in [-0.25, -0.2) is 0 Å². The summed E-state index contributed by atoms with van der Waals surface area (Å²) in [7, 11) is 4.25. The fraction of sp³-hybridized carbons (Fsp3) is 0.514. The summed E-state index contributed by atoms with van der Waals surface area (Å²) in [6, 6.07) is 16.3. The van der Waals surface area contributed by atoms with Crippen LogP contribution in [0.15, 0.2) is 60.7 Å². The molecule has 2 saturated heterocycles. The summed E-state index contributed by atoms with van der Waals surface area (Å²) >= 11 is 0. The van der Waals surface area contributed by atoms with Gasteiger partial charge >= 0.3 is 0 Å². The van der Waals surface area contributed by atoms with Crippen molar-refractivity contribution in [2.75, 3.05) is 40.3 Å². The largest absolute Gasteiger partial charge is 0.349 e. The number of allylic oxidation sites excluding steroid dienone is 2. The molecular weight excluding hydrogens is 532 g/mol. The summed E-state index contributed by atoms with van der Waals surface area (Å²) in [6.07, 6.45) is 15.0. The number of likely N-dealkylation sites (tertiary alicyclic amines) is 2. The van der Waals surface area contributed by atoms with Crippen LogP contribution in [0.3, 0.4) is 0 Å². The highest BCUT2D eigenvalue weighted by atomic mass is 16.2. The van der Waals surface area contributed by atoms with Crippen molar-refractivity contribution in [3.8, 4) is 0 Å². The van der Waals surface area contributed by atoms with Gasteiger partial charge in [-0.1, -0.05) is 82.7 Å². The maximum absolute atomic E-state index is 12.3. The molecule has 2 fully saturated rings. The first-order valence-corrected chi connectivity index (χ1v) is 16.1. The molecule has 2 aliphatic rings. The number of nitrogens with one attached hydrogen (secondary N) is 2. The van der Waals surface area contributed by atoms with Gasteiger partial charge in [-0.2, -0.15) is 0 Å². The number of piperidine rings is 2. The SMILES string of the molecule is CCC/C=C/c1ccc(C(=O)NC2CCN(C)CC2)cc1.CN1CCC(NC(=O)c2ccc(/C=C/C(C)(C)C)cc2)CC1. The first-order chi connectivity index (χ1) is 20.5. The molecule has 0 saturated carbocycles. The van der Waals surface area contributed by atoms with Crippen molar-refractivity contribution in [3.05, 3.63) is 82.9 Å². The lowest BCUT2D eigenvalue weighted by Gasteiger charge is -2.29. The van der Waals surface area contributed by atoms with E-state index in [-0.39, 0.29) is 17.2 Å². The van der Waals surface area contributed by atoms with Crippen molar-refractivity contribution in [2.24, 2.45) is 5.41 Å². The van der Waals surface area contributed by atoms with E-state index in [4.69, 9.17) is 0 Å². The van der Waals surface area contributed by atoms with Gasteiger partial charge < -0.3 is 20.4 Å². The zero-order valence-corrected chi connectivity index (χ0v) is 27.4. The summed E-state index contributed by atoms with van der Waals surface area (Å²) in [5.74, 6) is 0.0922. The Morgan fingerprint density at radius 3 is 1.49 bits per heavy atom. The second-order valence-electron chi connectivity index (χ2n) is 13.2. The van der Waals surface area contributed by atoms with Crippen molar-refractivity contribution in [1.29, 1.82) is 0 Å². The molecule has 6 nitrogen and oxygen atoms in total.